The molecule has 0 saturated carbocycles. The number of nitriles is 1. The lowest BCUT2D eigenvalue weighted by Crippen LogP contribution is -2.17. The summed E-state index contributed by atoms with van der Waals surface area (Å²) in [6.07, 6.45) is 4.41. The highest BCUT2D eigenvalue weighted by Crippen LogP contribution is 2.26. The summed E-state index contributed by atoms with van der Waals surface area (Å²) in [6, 6.07) is 13.2. The first kappa shape index (κ1) is 17.7. The highest BCUT2D eigenvalue weighted by atomic mass is 32.2. The number of nitrogens with one attached hydrogen (secondary N) is 1. The number of pyridine rings is 1. The molecule has 1 fully saturated rings. The summed E-state index contributed by atoms with van der Waals surface area (Å²) in [7, 11) is 0. The third kappa shape index (κ3) is 4.71. The minimum atomic E-state index is -0.367. The Morgan fingerprint density at radius 1 is 1.19 bits per heavy atom. The highest BCUT2D eigenvalue weighted by Gasteiger charge is 2.24. The van der Waals surface area contributed by atoms with Crippen molar-refractivity contribution >= 4 is 29.0 Å². The molecule has 1 N–H and O–H groups in total. The van der Waals surface area contributed by atoms with Gasteiger partial charge in [0.15, 0.2) is 0 Å². The van der Waals surface area contributed by atoms with Crippen LogP contribution in [-0.2, 0) is 17.6 Å². The molecular weight excluding hydrogens is 350 g/mol. The van der Waals surface area contributed by atoms with Crippen LogP contribution in [0.15, 0.2) is 47.5 Å². The fourth-order valence-corrected chi connectivity index (χ4v) is 2.99. The van der Waals surface area contributed by atoms with Crippen molar-refractivity contribution in [2.45, 2.75) is 12.8 Å². The van der Waals surface area contributed by atoms with Gasteiger partial charge < -0.3 is 4.74 Å². The molecule has 3 rings (SSSR count). The number of carbonyl (C=O) groups is 2. The zero-order valence-corrected chi connectivity index (χ0v) is 14.6. The number of amides is 2. The maximum absolute atomic E-state index is 11.5. The van der Waals surface area contributed by atoms with E-state index in [1.165, 1.54) is 0 Å². The average Bonchev–Trinajstić information content (AvgIpc) is 2.95. The van der Waals surface area contributed by atoms with Crippen molar-refractivity contribution in [1.29, 1.82) is 5.26 Å². The number of benzene rings is 1. The molecule has 2 aromatic rings. The molecule has 0 radical (unpaired) electrons. The molecule has 1 aliphatic heterocycles. The third-order valence-electron chi connectivity index (χ3n) is 3.62. The first-order valence-corrected chi connectivity index (χ1v) is 8.74. The second-order valence-corrected chi connectivity index (χ2v) is 6.53. The van der Waals surface area contributed by atoms with Crippen LogP contribution in [-0.4, -0.2) is 22.7 Å². The van der Waals surface area contributed by atoms with Crippen LogP contribution < -0.4 is 10.1 Å². The third-order valence-corrected chi connectivity index (χ3v) is 4.43. The van der Waals surface area contributed by atoms with Gasteiger partial charge >= 0.3 is 0 Å². The maximum atomic E-state index is 11.5. The summed E-state index contributed by atoms with van der Waals surface area (Å²) in [6.45, 7) is 0.484. The summed E-state index contributed by atoms with van der Waals surface area (Å²) >= 11 is 0.894. The Kier molecular flexibility index (Phi) is 5.66. The first-order valence-electron chi connectivity index (χ1n) is 7.92. The summed E-state index contributed by atoms with van der Waals surface area (Å²) in [4.78, 5) is 27.4. The van der Waals surface area contributed by atoms with Gasteiger partial charge in [-0.2, -0.15) is 5.26 Å². The van der Waals surface area contributed by atoms with Gasteiger partial charge in [-0.1, -0.05) is 18.2 Å². The first-order chi connectivity index (χ1) is 12.6. The van der Waals surface area contributed by atoms with Crippen molar-refractivity contribution in [3.63, 3.8) is 0 Å². The van der Waals surface area contributed by atoms with Gasteiger partial charge in [-0.3, -0.25) is 19.9 Å². The molecule has 1 saturated heterocycles. The predicted octanol–water partition coefficient (Wildman–Crippen LogP) is 3.09. The van der Waals surface area contributed by atoms with Crippen LogP contribution in [0.5, 0.6) is 5.75 Å². The molecule has 7 heteroatoms. The standard InChI is InChI=1S/C19H15N3O3S/c20-9-7-14-1-4-15(21-12-14)8-10-25-16-5-2-13(3-6-16)11-17-18(23)22-19(24)26-17/h1-6,11-12H,7-8,10H2,(H,22,23,24)/b17-11-. The fourth-order valence-electron chi connectivity index (χ4n) is 2.31. The molecule has 0 bridgehead atoms. The molecule has 0 atom stereocenters. The Morgan fingerprint density at radius 2 is 2.00 bits per heavy atom. The van der Waals surface area contributed by atoms with Crippen LogP contribution in [0.2, 0.25) is 0 Å². The van der Waals surface area contributed by atoms with E-state index in [1.54, 1.807) is 12.3 Å². The summed E-state index contributed by atoms with van der Waals surface area (Å²) in [5.74, 6) is 0.349. The normalized spacial score (nSPS) is 15.0. The molecule has 1 aromatic carbocycles. The van der Waals surface area contributed by atoms with Gasteiger partial charge in [0.25, 0.3) is 11.1 Å². The van der Waals surface area contributed by atoms with Gasteiger partial charge in [-0.25, -0.2) is 0 Å². The summed E-state index contributed by atoms with van der Waals surface area (Å²) in [5.41, 5.74) is 2.62. The van der Waals surface area contributed by atoms with E-state index in [2.05, 4.69) is 16.4 Å². The van der Waals surface area contributed by atoms with Crippen molar-refractivity contribution in [3.8, 4) is 11.8 Å². The van der Waals surface area contributed by atoms with Gasteiger partial charge in [0.05, 0.1) is 24.0 Å². The van der Waals surface area contributed by atoms with Crippen molar-refractivity contribution in [1.82, 2.24) is 10.3 Å². The molecule has 130 valence electrons. The van der Waals surface area contributed by atoms with Crippen molar-refractivity contribution in [2.24, 2.45) is 0 Å². The van der Waals surface area contributed by atoms with Crippen LogP contribution in [0.1, 0.15) is 16.8 Å². The lowest BCUT2D eigenvalue weighted by Gasteiger charge is -2.06. The molecular formula is C19H15N3O3S. The van der Waals surface area contributed by atoms with E-state index in [0.717, 1.165) is 28.6 Å². The van der Waals surface area contributed by atoms with Gasteiger partial charge in [0.1, 0.15) is 5.75 Å². The molecule has 0 spiro atoms. The molecule has 26 heavy (non-hydrogen) atoms. The SMILES string of the molecule is N#CCc1ccc(CCOc2ccc(/C=C3\SC(=O)NC3=O)cc2)nc1. The smallest absolute Gasteiger partial charge is 0.290 e. The Morgan fingerprint density at radius 3 is 2.62 bits per heavy atom. The van der Waals surface area contributed by atoms with Gasteiger partial charge in [0, 0.05) is 18.3 Å². The number of hydrogen-bond donors (Lipinski definition) is 1. The number of ether oxygens (including phenoxy) is 1. The summed E-state index contributed by atoms with van der Waals surface area (Å²) in [5, 5.41) is 10.5. The topological polar surface area (TPSA) is 92.1 Å². The molecule has 0 aliphatic carbocycles. The van der Waals surface area contributed by atoms with E-state index in [4.69, 9.17) is 10.00 Å². The molecule has 2 amide bonds. The van der Waals surface area contributed by atoms with Crippen LogP contribution in [0, 0.1) is 11.3 Å². The monoisotopic (exact) mass is 365 g/mol. The number of aromatic nitrogens is 1. The van der Waals surface area contributed by atoms with E-state index in [-0.39, 0.29) is 11.1 Å². The van der Waals surface area contributed by atoms with Gasteiger partial charge in [0.2, 0.25) is 0 Å². The minimum absolute atomic E-state index is 0.351. The second-order valence-electron chi connectivity index (χ2n) is 5.51. The number of rotatable bonds is 6. The van der Waals surface area contributed by atoms with Crippen LogP contribution in [0.25, 0.3) is 6.08 Å². The zero-order valence-electron chi connectivity index (χ0n) is 13.8. The van der Waals surface area contributed by atoms with Crippen molar-refractivity contribution in [2.75, 3.05) is 6.61 Å². The second kappa shape index (κ2) is 8.32. The van der Waals surface area contributed by atoms with Gasteiger partial charge in [-0.15, -0.1) is 0 Å². The Hall–Kier alpha value is -3.11. The Bertz CT molecular complexity index is 884. The maximum Gasteiger partial charge on any atom is 0.290 e. The van der Waals surface area contributed by atoms with Crippen molar-refractivity contribution < 1.29 is 14.3 Å². The zero-order chi connectivity index (χ0) is 18.4. The number of nitrogens with zero attached hydrogens (tertiary/aromatic N) is 2. The van der Waals surface area contributed by atoms with E-state index in [9.17, 15) is 9.59 Å². The van der Waals surface area contributed by atoms with E-state index in [0.29, 0.717) is 30.1 Å². The van der Waals surface area contributed by atoms with Gasteiger partial charge in [-0.05, 0) is 47.2 Å². The van der Waals surface area contributed by atoms with Crippen LogP contribution in [0.3, 0.4) is 0 Å². The number of thioether (sulfide) groups is 1. The van der Waals surface area contributed by atoms with Crippen LogP contribution in [0.4, 0.5) is 4.79 Å². The summed E-state index contributed by atoms with van der Waals surface area (Å²) < 4.78 is 5.70. The molecule has 0 unspecified atom stereocenters. The Balaban J connectivity index is 1.51. The molecule has 2 heterocycles. The highest BCUT2D eigenvalue weighted by molar-refractivity contribution is 8.18. The molecule has 1 aromatic heterocycles. The lowest BCUT2D eigenvalue weighted by molar-refractivity contribution is -0.115. The largest absolute Gasteiger partial charge is 0.493 e. The van der Waals surface area contributed by atoms with E-state index < -0.39 is 0 Å². The predicted molar refractivity (Wildman–Crippen MR) is 98.3 cm³/mol. The average molecular weight is 365 g/mol. The minimum Gasteiger partial charge on any atom is -0.493 e. The van der Waals surface area contributed by atoms with Crippen LogP contribution >= 0.6 is 11.8 Å². The number of hydrogen-bond acceptors (Lipinski definition) is 6. The fraction of sp³-hybridized carbons (Fsp3) is 0.158. The van der Waals surface area contributed by atoms with Crippen molar-refractivity contribution in [3.05, 3.63) is 64.3 Å². The van der Waals surface area contributed by atoms with E-state index >= 15 is 0 Å². The molecule has 1 aliphatic rings. The lowest BCUT2D eigenvalue weighted by atomic mass is 10.2. The Labute approximate surface area is 154 Å². The quantitative estimate of drug-likeness (QED) is 0.791. The number of imide groups is 1. The van der Waals surface area contributed by atoms with E-state index in [1.807, 2.05) is 36.4 Å². The number of carbonyl (C=O) groups excluding carboxylic acids is 2. The molecule has 6 nitrogen and oxygen atoms in total.